The predicted octanol–water partition coefficient (Wildman–Crippen LogP) is 1.85. The van der Waals surface area contributed by atoms with Crippen LogP contribution in [0.2, 0.25) is 0 Å². The molecule has 1 aromatic rings. The molecule has 1 fully saturated rings. The molecule has 0 aliphatic carbocycles. The Balaban J connectivity index is 2.02. The lowest BCUT2D eigenvalue weighted by Crippen LogP contribution is -2.40. The van der Waals surface area contributed by atoms with Gasteiger partial charge in [0.05, 0.1) is 4.92 Å². The zero-order chi connectivity index (χ0) is 15.4. The first-order chi connectivity index (χ1) is 9.99. The maximum atomic E-state index is 12.1. The van der Waals surface area contributed by atoms with E-state index < -0.39 is 16.4 Å². The molecule has 1 unspecified atom stereocenters. The number of hydrogen-bond donors (Lipinski definition) is 2. The predicted molar refractivity (Wildman–Crippen MR) is 75.2 cm³/mol. The largest absolute Gasteiger partial charge is 0.502 e. The SMILES string of the molecule is CC(NC(=O)c1ccc([N+](=O)[O-])c(O)c1)C1CCOCC1. The van der Waals surface area contributed by atoms with Gasteiger partial charge in [-0.25, -0.2) is 0 Å². The fraction of sp³-hybridized carbons (Fsp3) is 0.500. The van der Waals surface area contributed by atoms with Gasteiger partial charge in [-0.1, -0.05) is 0 Å². The quantitative estimate of drug-likeness (QED) is 0.651. The van der Waals surface area contributed by atoms with Gasteiger partial charge in [-0.3, -0.25) is 14.9 Å². The number of amides is 1. The number of nitro groups is 1. The van der Waals surface area contributed by atoms with Crippen molar-refractivity contribution in [1.29, 1.82) is 0 Å². The van der Waals surface area contributed by atoms with Crippen LogP contribution in [0.4, 0.5) is 5.69 Å². The van der Waals surface area contributed by atoms with Crippen LogP contribution in [0.3, 0.4) is 0 Å². The molecule has 1 aliphatic heterocycles. The highest BCUT2D eigenvalue weighted by atomic mass is 16.6. The summed E-state index contributed by atoms with van der Waals surface area (Å²) >= 11 is 0. The van der Waals surface area contributed by atoms with Crippen molar-refractivity contribution in [3.8, 4) is 5.75 Å². The van der Waals surface area contributed by atoms with Crippen LogP contribution in [-0.4, -0.2) is 35.2 Å². The first-order valence-corrected chi connectivity index (χ1v) is 6.85. The molecule has 2 N–H and O–H groups in total. The summed E-state index contributed by atoms with van der Waals surface area (Å²) in [6.07, 6.45) is 1.79. The molecule has 7 heteroatoms. The Morgan fingerprint density at radius 3 is 2.71 bits per heavy atom. The minimum absolute atomic E-state index is 0.0151. The number of hydrogen-bond acceptors (Lipinski definition) is 5. The zero-order valence-electron chi connectivity index (χ0n) is 11.7. The molecule has 1 heterocycles. The van der Waals surface area contributed by atoms with E-state index in [1.807, 2.05) is 6.92 Å². The summed E-state index contributed by atoms with van der Waals surface area (Å²) in [5.41, 5.74) is -0.207. The van der Waals surface area contributed by atoms with Gasteiger partial charge in [0.25, 0.3) is 5.91 Å². The van der Waals surface area contributed by atoms with Crippen LogP contribution in [0.5, 0.6) is 5.75 Å². The normalized spacial score (nSPS) is 17.2. The molecule has 0 radical (unpaired) electrons. The van der Waals surface area contributed by atoms with E-state index in [9.17, 15) is 20.0 Å². The van der Waals surface area contributed by atoms with E-state index in [1.54, 1.807) is 0 Å². The van der Waals surface area contributed by atoms with Crippen molar-refractivity contribution in [1.82, 2.24) is 5.32 Å². The zero-order valence-corrected chi connectivity index (χ0v) is 11.7. The van der Waals surface area contributed by atoms with Crippen LogP contribution < -0.4 is 5.32 Å². The summed E-state index contributed by atoms with van der Waals surface area (Å²) in [7, 11) is 0. The number of phenols is 1. The van der Waals surface area contributed by atoms with Crippen LogP contribution in [-0.2, 0) is 4.74 Å². The lowest BCUT2D eigenvalue weighted by molar-refractivity contribution is -0.385. The van der Waals surface area contributed by atoms with E-state index in [0.717, 1.165) is 25.0 Å². The third-order valence-corrected chi connectivity index (χ3v) is 3.77. The molecule has 0 aromatic heterocycles. The molecule has 0 bridgehead atoms. The van der Waals surface area contributed by atoms with Gasteiger partial charge < -0.3 is 15.2 Å². The average molecular weight is 294 g/mol. The highest BCUT2D eigenvalue weighted by molar-refractivity contribution is 5.95. The van der Waals surface area contributed by atoms with Crippen molar-refractivity contribution < 1.29 is 19.6 Å². The summed E-state index contributed by atoms with van der Waals surface area (Å²) < 4.78 is 5.28. The van der Waals surface area contributed by atoms with Gasteiger partial charge in [0.2, 0.25) is 0 Å². The Labute approximate surface area is 122 Å². The lowest BCUT2D eigenvalue weighted by Gasteiger charge is -2.28. The Morgan fingerprint density at radius 1 is 1.48 bits per heavy atom. The number of nitrogens with one attached hydrogen (secondary N) is 1. The molecule has 1 saturated heterocycles. The van der Waals surface area contributed by atoms with E-state index in [1.165, 1.54) is 6.07 Å². The Kier molecular flexibility index (Phi) is 4.74. The Morgan fingerprint density at radius 2 is 2.14 bits per heavy atom. The first kappa shape index (κ1) is 15.2. The van der Waals surface area contributed by atoms with Crippen LogP contribution in [0.1, 0.15) is 30.1 Å². The molecule has 0 saturated carbocycles. The van der Waals surface area contributed by atoms with E-state index in [-0.39, 0.29) is 17.5 Å². The van der Waals surface area contributed by atoms with Gasteiger partial charge in [-0.05, 0) is 37.8 Å². The van der Waals surface area contributed by atoms with Gasteiger partial charge in [-0.2, -0.15) is 0 Å². The monoisotopic (exact) mass is 294 g/mol. The number of aromatic hydroxyl groups is 1. The molecule has 1 aliphatic rings. The maximum Gasteiger partial charge on any atom is 0.310 e. The van der Waals surface area contributed by atoms with Crippen LogP contribution >= 0.6 is 0 Å². The summed E-state index contributed by atoms with van der Waals surface area (Å²) in [6, 6.07) is 3.57. The number of carbonyl (C=O) groups is 1. The van der Waals surface area contributed by atoms with Crippen molar-refractivity contribution in [3.05, 3.63) is 33.9 Å². The number of carbonyl (C=O) groups excluding carboxylic acids is 1. The molecule has 1 amide bonds. The van der Waals surface area contributed by atoms with E-state index in [2.05, 4.69) is 5.32 Å². The summed E-state index contributed by atoms with van der Waals surface area (Å²) in [5.74, 6) is -0.500. The van der Waals surface area contributed by atoms with E-state index in [0.29, 0.717) is 19.1 Å². The van der Waals surface area contributed by atoms with E-state index >= 15 is 0 Å². The lowest BCUT2D eigenvalue weighted by atomic mass is 9.93. The van der Waals surface area contributed by atoms with E-state index in [4.69, 9.17) is 4.74 Å². The van der Waals surface area contributed by atoms with Crippen LogP contribution in [0, 0.1) is 16.0 Å². The van der Waals surface area contributed by atoms with Crippen molar-refractivity contribution in [2.24, 2.45) is 5.92 Å². The molecule has 7 nitrogen and oxygen atoms in total. The minimum atomic E-state index is -0.693. The molecule has 0 spiro atoms. The number of phenolic OH excluding ortho intramolecular Hbond substituents is 1. The smallest absolute Gasteiger partial charge is 0.310 e. The van der Waals surface area contributed by atoms with Crippen LogP contribution in [0.15, 0.2) is 18.2 Å². The number of nitro benzene ring substituents is 1. The van der Waals surface area contributed by atoms with Gasteiger partial charge >= 0.3 is 5.69 Å². The molecule has 21 heavy (non-hydrogen) atoms. The third kappa shape index (κ3) is 3.69. The fourth-order valence-corrected chi connectivity index (χ4v) is 2.44. The topological polar surface area (TPSA) is 102 Å². The highest BCUT2D eigenvalue weighted by Gasteiger charge is 2.23. The van der Waals surface area contributed by atoms with Gasteiger partial charge in [0.1, 0.15) is 0 Å². The molecule has 1 aromatic carbocycles. The average Bonchev–Trinajstić information content (AvgIpc) is 2.47. The van der Waals surface area contributed by atoms with Crippen molar-refractivity contribution in [2.75, 3.05) is 13.2 Å². The van der Waals surface area contributed by atoms with Crippen molar-refractivity contribution in [3.63, 3.8) is 0 Å². The Hall–Kier alpha value is -2.15. The van der Waals surface area contributed by atoms with Crippen molar-refractivity contribution in [2.45, 2.75) is 25.8 Å². The number of rotatable bonds is 4. The number of benzene rings is 1. The maximum absolute atomic E-state index is 12.1. The van der Waals surface area contributed by atoms with Gasteiger partial charge in [0, 0.05) is 30.9 Å². The second kappa shape index (κ2) is 6.53. The summed E-state index contributed by atoms with van der Waals surface area (Å²) in [5, 5.41) is 23.0. The van der Waals surface area contributed by atoms with Gasteiger partial charge in [0.15, 0.2) is 5.75 Å². The molecule has 114 valence electrons. The third-order valence-electron chi connectivity index (χ3n) is 3.77. The molecule has 1 atom stereocenters. The second-order valence-electron chi connectivity index (χ2n) is 5.17. The summed E-state index contributed by atoms with van der Waals surface area (Å²) in [6.45, 7) is 3.32. The molecular weight excluding hydrogens is 276 g/mol. The van der Waals surface area contributed by atoms with Crippen LogP contribution in [0.25, 0.3) is 0 Å². The Bertz CT molecular complexity index is 540. The fourth-order valence-electron chi connectivity index (χ4n) is 2.44. The highest BCUT2D eigenvalue weighted by Crippen LogP contribution is 2.26. The molecule has 2 rings (SSSR count). The molecular formula is C14H18N2O5. The summed E-state index contributed by atoms with van der Waals surface area (Å²) in [4.78, 5) is 22.0. The first-order valence-electron chi connectivity index (χ1n) is 6.85. The number of ether oxygens (including phenoxy) is 1. The standard InChI is InChI=1S/C14H18N2O5/c1-9(10-4-6-21-7-5-10)15-14(18)11-2-3-12(16(19)20)13(17)8-11/h2-3,8-10,17H,4-7H2,1H3,(H,15,18). The number of nitrogens with zero attached hydrogens (tertiary/aromatic N) is 1. The van der Waals surface area contributed by atoms with Crippen molar-refractivity contribution >= 4 is 11.6 Å². The minimum Gasteiger partial charge on any atom is -0.502 e. The second-order valence-corrected chi connectivity index (χ2v) is 5.17. The van der Waals surface area contributed by atoms with Gasteiger partial charge in [-0.15, -0.1) is 0 Å².